The van der Waals surface area contributed by atoms with Crippen LogP contribution in [-0.4, -0.2) is 11.2 Å². The van der Waals surface area contributed by atoms with E-state index >= 15 is 0 Å². The summed E-state index contributed by atoms with van der Waals surface area (Å²) in [4.78, 5) is 0. The van der Waals surface area contributed by atoms with Crippen molar-refractivity contribution in [2.24, 2.45) is 11.3 Å². The molecule has 0 radical (unpaired) electrons. The fourth-order valence-electron chi connectivity index (χ4n) is 3.10. The summed E-state index contributed by atoms with van der Waals surface area (Å²) < 4.78 is 0. The van der Waals surface area contributed by atoms with Crippen LogP contribution >= 0.6 is 0 Å². The van der Waals surface area contributed by atoms with Gasteiger partial charge in [-0.3, -0.25) is 0 Å². The molecule has 2 atom stereocenters. The van der Waals surface area contributed by atoms with Crippen molar-refractivity contribution in [3.8, 4) is 0 Å². The lowest BCUT2D eigenvalue weighted by atomic mass is 9.77. The Labute approximate surface area is 102 Å². The first-order valence-corrected chi connectivity index (χ1v) is 7.30. The molecule has 0 aromatic rings. The summed E-state index contributed by atoms with van der Waals surface area (Å²) in [7, 11) is 0. The SMILES string of the molecule is CCCCC(CC)CC(O)C1(C)CCCC1. The summed E-state index contributed by atoms with van der Waals surface area (Å²) in [6.45, 7) is 6.81. The molecule has 1 rings (SSSR count). The van der Waals surface area contributed by atoms with E-state index in [1.54, 1.807) is 0 Å². The van der Waals surface area contributed by atoms with E-state index in [9.17, 15) is 5.11 Å². The predicted octanol–water partition coefficient (Wildman–Crippen LogP) is 4.53. The molecule has 0 bridgehead atoms. The minimum Gasteiger partial charge on any atom is -0.393 e. The number of aliphatic hydroxyl groups is 1. The van der Waals surface area contributed by atoms with Gasteiger partial charge in [-0.05, 0) is 30.6 Å². The summed E-state index contributed by atoms with van der Waals surface area (Å²) in [5.74, 6) is 0.743. The largest absolute Gasteiger partial charge is 0.393 e. The maximum Gasteiger partial charge on any atom is 0.0596 e. The van der Waals surface area contributed by atoms with Gasteiger partial charge in [-0.1, -0.05) is 59.3 Å². The molecule has 1 aliphatic rings. The zero-order valence-electron chi connectivity index (χ0n) is 11.5. The molecule has 1 saturated carbocycles. The Balaban J connectivity index is 2.38. The molecule has 0 aromatic carbocycles. The lowest BCUT2D eigenvalue weighted by Gasteiger charge is -2.32. The Morgan fingerprint density at radius 2 is 1.81 bits per heavy atom. The van der Waals surface area contributed by atoms with Gasteiger partial charge in [0.2, 0.25) is 0 Å². The Kier molecular flexibility index (Phi) is 5.82. The van der Waals surface area contributed by atoms with Crippen molar-refractivity contribution in [2.45, 2.75) is 84.7 Å². The van der Waals surface area contributed by atoms with Crippen LogP contribution in [0, 0.1) is 11.3 Å². The maximum absolute atomic E-state index is 10.4. The Morgan fingerprint density at radius 3 is 2.31 bits per heavy atom. The molecule has 16 heavy (non-hydrogen) atoms. The number of hydrogen-bond acceptors (Lipinski definition) is 1. The third kappa shape index (κ3) is 3.76. The van der Waals surface area contributed by atoms with E-state index in [1.807, 2.05) is 0 Å². The monoisotopic (exact) mass is 226 g/mol. The number of aliphatic hydroxyl groups excluding tert-OH is 1. The van der Waals surface area contributed by atoms with Gasteiger partial charge >= 0.3 is 0 Å². The minimum atomic E-state index is -0.0585. The average molecular weight is 226 g/mol. The topological polar surface area (TPSA) is 20.2 Å². The standard InChI is InChI=1S/C15H30O/c1-4-6-9-13(5-2)12-14(16)15(3)10-7-8-11-15/h13-14,16H,4-12H2,1-3H3. The molecule has 0 amide bonds. The molecule has 0 aliphatic heterocycles. The summed E-state index contributed by atoms with van der Waals surface area (Å²) >= 11 is 0. The molecule has 1 N–H and O–H groups in total. The summed E-state index contributed by atoms with van der Waals surface area (Å²) in [6.07, 6.45) is 11.2. The lowest BCUT2D eigenvalue weighted by Crippen LogP contribution is -2.31. The highest BCUT2D eigenvalue weighted by molar-refractivity contribution is 4.87. The Hall–Kier alpha value is -0.0400. The number of unbranched alkanes of at least 4 members (excludes halogenated alkanes) is 1. The van der Waals surface area contributed by atoms with Crippen LogP contribution < -0.4 is 0 Å². The Morgan fingerprint density at radius 1 is 1.19 bits per heavy atom. The van der Waals surface area contributed by atoms with Crippen LogP contribution in [0.5, 0.6) is 0 Å². The molecule has 2 unspecified atom stereocenters. The predicted molar refractivity (Wildman–Crippen MR) is 70.5 cm³/mol. The fourth-order valence-corrected chi connectivity index (χ4v) is 3.10. The highest BCUT2D eigenvalue weighted by atomic mass is 16.3. The second-order valence-electron chi connectivity index (χ2n) is 6.03. The maximum atomic E-state index is 10.4. The van der Waals surface area contributed by atoms with Crippen molar-refractivity contribution in [2.75, 3.05) is 0 Å². The lowest BCUT2D eigenvalue weighted by molar-refractivity contribution is 0.0202. The van der Waals surface area contributed by atoms with E-state index in [0.717, 1.165) is 12.3 Å². The summed E-state index contributed by atoms with van der Waals surface area (Å²) in [5, 5.41) is 10.4. The van der Waals surface area contributed by atoms with E-state index in [4.69, 9.17) is 0 Å². The fraction of sp³-hybridized carbons (Fsp3) is 1.00. The van der Waals surface area contributed by atoms with Crippen LogP contribution in [0.2, 0.25) is 0 Å². The van der Waals surface area contributed by atoms with Gasteiger partial charge in [0.25, 0.3) is 0 Å². The van der Waals surface area contributed by atoms with Crippen LogP contribution in [0.15, 0.2) is 0 Å². The minimum absolute atomic E-state index is 0.0585. The van der Waals surface area contributed by atoms with E-state index in [2.05, 4.69) is 20.8 Å². The number of rotatable bonds is 7. The van der Waals surface area contributed by atoms with Crippen LogP contribution in [0.4, 0.5) is 0 Å². The highest BCUT2D eigenvalue weighted by Gasteiger charge is 2.36. The van der Waals surface area contributed by atoms with Crippen LogP contribution in [-0.2, 0) is 0 Å². The molecular formula is C15H30O. The second-order valence-corrected chi connectivity index (χ2v) is 6.03. The first-order chi connectivity index (χ1) is 7.62. The zero-order valence-corrected chi connectivity index (χ0v) is 11.5. The van der Waals surface area contributed by atoms with Gasteiger partial charge in [0.1, 0.15) is 0 Å². The van der Waals surface area contributed by atoms with Crippen molar-refractivity contribution in [3.63, 3.8) is 0 Å². The van der Waals surface area contributed by atoms with Gasteiger partial charge < -0.3 is 5.11 Å². The summed E-state index contributed by atoms with van der Waals surface area (Å²) in [5.41, 5.74) is 0.236. The molecular weight excluding hydrogens is 196 g/mol. The van der Waals surface area contributed by atoms with Gasteiger partial charge in [-0.25, -0.2) is 0 Å². The number of hydrogen-bond donors (Lipinski definition) is 1. The van der Waals surface area contributed by atoms with Gasteiger partial charge in [-0.2, -0.15) is 0 Å². The molecule has 0 spiro atoms. The van der Waals surface area contributed by atoms with E-state index in [0.29, 0.717) is 0 Å². The quantitative estimate of drug-likeness (QED) is 0.676. The van der Waals surface area contributed by atoms with Crippen molar-refractivity contribution < 1.29 is 5.11 Å². The molecule has 1 nitrogen and oxygen atoms in total. The molecule has 0 heterocycles. The average Bonchev–Trinajstić information content (AvgIpc) is 2.72. The molecule has 1 heteroatoms. The van der Waals surface area contributed by atoms with Crippen LogP contribution in [0.3, 0.4) is 0 Å². The van der Waals surface area contributed by atoms with Crippen molar-refractivity contribution >= 4 is 0 Å². The van der Waals surface area contributed by atoms with E-state index in [1.165, 1.54) is 51.4 Å². The van der Waals surface area contributed by atoms with Gasteiger partial charge in [0, 0.05) is 0 Å². The first-order valence-electron chi connectivity index (χ1n) is 7.30. The normalized spacial score (nSPS) is 23.2. The molecule has 1 aliphatic carbocycles. The smallest absolute Gasteiger partial charge is 0.0596 e. The molecule has 0 aromatic heterocycles. The third-order valence-electron chi connectivity index (χ3n) is 4.65. The third-order valence-corrected chi connectivity index (χ3v) is 4.65. The van der Waals surface area contributed by atoms with Gasteiger partial charge in [0.15, 0.2) is 0 Å². The molecule has 0 saturated heterocycles. The van der Waals surface area contributed by atoms with E-state index in [-0.39, 0.29) is 11.5 Å². The molecule has 1 fully saturated rings. The van der Waals surface area contributed by atoms with Gasteiger partial charge in [-0.15, -0.1) is 0 Å². The van der Waals surface area contributed by atoms with Crippen molar-refractivity contribution in [1.82, 2.24) is 0 Å². The Bertz CT molecular complexity index is 182. The van der Waals surface area contributed by atoms with Gasteiger partial charge in [0.05, 0.1) is 6.10 Å². The summed E-state index contributed by atoms with van der Waals surface area (Å²) in [6, 6.07) is 0. The molecule has 96 valence electrons. The first kappa shape index (κ1) is 14.0. The second kappa shape index (κ2) is 6.64. The van der Waals surface area contributed by atoms with Crippen LogP contribution in [0.1, 0.15) is 78.6 Å². The van der Waals surface area contributed by atoms with Crippen molar-refractivity contribution in [3.05, 3.63) is 0 Å². The highest BCUT2D eigenvalue weighted by Crippen LogP contribution is 2.42. The van der Waals surface area contributed by atoms with E-state index < -0.39 is 0 Å². The van der Waals surface area contributed by atoms with Crippen molar-refractivity contribution in [1.29, 1.82) is 0 Å². The van der Waals surface area contributed by atoms with Crippen LogP contribution in [0.25, 0.3) is 0 Å². The zero-order chi connectivity index (χ0) is 12.0.